The van der Waals surface area contributed by atoms with Gasteiger partial charge in [-0.1, -0.05) is 6.92 Å². The molecule has 2 aromatic heterocycles. The third kappa shape index (κ3) is 3.33. The van der Waals surface area contributed by atoms with Crippen LogP contribution in [0, 0.1) is 13.8 Å². The van der Waals surface area contributed by atoms with E-state index in [4.69, 9.17) is 5.11 Å². The third-order valence-corrected chi connectivity index (χ3v) is 3.17. The first kappa shape index (κ1) is 14.5. The van der Waals surface area contributed by atoms with Gasteiger partial charge in [0.1, 0.15) is 5.82 Å². The minimum Gasteiger partial charge on any atom is -0.396 e. The van der Waals surface area contributed by atoms with Gasteiger partial charge >= 0.3 is 0 Å². The average molecular weight is 275 g/mol. The maximum atomic E-state index is 9.03. The fraction of sp³-hybridized carbons (Fsp3) is 0.500. The largest absolute Gasteiger partial charge is 0.396 e. The van der Waals surface area contributed by atoms with Crippen LogP contribution < -0.4 is 5.32 Å². The van der Waals surface area contributed by atoms with Gasteiger partial charge in [-0.2, -0.15) is 5.10 Å². The van der Waals surface area contributed by atoms with E-state index in [0.717, 1.165) is 17.8 Å². The first-order valence-corrected chi connectivity index (χ1v) is 6.87. The van der Waals surface area contributed by atoms with Gasteiger partial charge in [-0.25, -0.2) is 9.67 Å². The fourth-order valence-corrected chi connectivity index (χ4v) is 2.13. The summed E-state index contributed by atoms with van der Waals surface area (Å²) in [5, 5.41) is 16.7. The van der Waals surface area contributed by atoms with E-state index in [1.165, 1.54) is 0 Å². The van der Waals surface area contributed by atoms with E-state index in [-0.39, 0.29) is 12.6 Å². The number of aromatic nitrogens is 4. The molecule has 0 bridgehead atoms. The summed E-state index contributed by atoms with van der Waals surface area (Å²) in [6, 6.07) is 2.20. The summed E-state index contributed by atoms with van der Waals surface area (Å²) in [5.74, 6) is 1.40. The van der Waals surface area contributed by atoms with Gasteiger partial charge in [0.25, 0.3) is 0 Å². The molecule has 0 aliphatic rings. The molecule has 20 heavy (non-hydrogen) atoms. The highest BCUT2D eigenvalue weighted by Gasteiger charge is 2.09. The van der Waals surface area contributed by atoms with Crippen molar-refractivity contribution in [2.24, 2.45) is 0 Å². The van der Waals surface area contributed by atoms with E-state index in [2.05, 4.69) is 27.3 Å². The Balaban J connectivity index is 2.21. The number of nitrogens with one attached hydrogen (secondary N) is 1. The zero-order valence-corrected chi connectivity index (χ0v) is 12.2. The predicted molar refractivity (Wildman–Crippen MR) is 78.0 cm³/mol. The van der Waals surface area contributed by atoms with Crippen LogP contribution in [0.5, 0.6) is 0 Å². The van der Waals surface area contributed by atoms with Crippen molar-refractivity contribution in [2.45, 2.75) is 39.7 Å². The van der Waals surface area contributed by atoms with Crippen molar-refractivity contribution in [3.8, 4) is 5.82 Å². The van der Waals surface area contributed by atoms with Gasteiger partial charge in [0.2, 0.25) is 0 Å². The van der Waals surface area contributed by atoms with E-state index < -0.39 is 0 Å². The van der Waals surface area contributed by atoms with Gasteiger partial charge in [-0.05, 0) is 32.8 Å². The van der Waals surface area contributed by atoms with Crippen LogP contribution in [0.15, 0.2) is 18.5 Å². The summed E-state index contributed by atoms with van der Waals surface area (Å²) in [7, 11) is 0. The summed E-state index contributed by atoms with van der Waals surface area (Å²) < 4.78 is 1.78. The Labute approximate surface area is 118 Å². The topological polar surface area (TPSA) is 75.9 Å². The van der Waals surface area contributed by atoms with Crippen molar-refractivity contribution in [3.05, 3.63) is 29.8 Å². The maximum absolute atomic E-state index is 9.03. The summed E-state index contributed by atoms with van der Waals surface area (Å²) in [4.78, 5) is 8.74. The first-order valence-electron chi connectivity index (χ1n) is 6.87. The molecule has 2 aromatic rings. The minimum atomic E-state index is 0.163. The molecule has 1 unspecified atom stereocenters. The van der Waals surface area contributed by atoms with Gasteiger partial charge in [-0.15, -0.1) is 0 Å². The number of hydrogen-bond donors (Lipinski definition) is 2. The molecule has 0 aliphatic heterocycles. The average Bonchev–Trinajstić information content (AvgIpc) is 2.77. The van der Waals surface area contributed by atoms with E-state index in [0.29, 0.717) is 18.1 Å². The van der Waals surface area contributed by atoms with Crippen LogP contribution in [-0.4, -0.2) is 37.5 Å². The van der Waals surface area contributed by atoms with Crippen LogP contribution >= 0.6 is 0 Å². The minimum absolute atomic E-state index is 0.163. The molecule has 0 radical (unpaired) electrons. The highest BCUT2D eigenvalue weighted by molar-refractivity contribution is 5.37. The molecule has 108 valence electrons. The van der Waals surface area contributed by atoms with Gasteiger partial charge in [0.05, 0.1) is 18.1 Å². The Bertz CT molecular complexity index is 566. The van der Waals surface area contributed by atoms with Crippen molar-refractivity contribution < 1.29 is 5.11 Å². The second-order valence-electron chi connectivity index (χ2n) is 4.86. The Morgan fingerprint density at radius 2 is 2.15 bits per heavy atom. The van der Waals surface area contributed by atoms with Crippen LogP contribution in [-0.2, 0) is 0 Å². The van der Waals surface area contributed by atoms with E-state index in [1.54, 1.807) is 17.1 Å². The lowest BCUT2D eigenvalue weighted by Crippen LogP contribution is -2.21. The zero-order chi connectivity index (χ0) is 14.5. The number of rotatable bonds is 6. The van der Waals surface area contributed by atoms with Crippen LogP contribution in [0.4, 0.5) is 5.82 Å². The maximum Gasteiger partial charge on any atom is 0.174 e. The van der Waals surface area contributed by atoms with E-state index >= 15 is 0 Å². The highest BCUT2D eigenvalue weighted by Crippen LogP contribution is 2.13. The second-order valence-corrected chi connectivity index (χ2v) is 4.86. The van der Waals surface area contributed by atoms with Gasteiger partial charge in [0.15, 0.2) is 5.82 Å². The van der Waals surface area contributed by atoms with Gasteiger partial charge in [0, 0.05) is 18.3 Å². The predicted octanol–water partition coefficient (Wildman–Crippen LogP) is 1.85. The van der Waals surface area contributed by atoms with E-state index in [9.17, 15) is 0 Å². The fourth-order valence-electron chi connectivity index (χ4n) is 2.13. The number of aliphatic hydroxyl groups excluding tert-OH is 1. The summed E-state index contributed by atoms with van der Waals surface area (Å²) in [5.41, 5.74) is 1.98. The van der Waals surface area contributed by atoms with Crippen LogP contribution in [0.25, 0.3) is 5.82 Å². The molecule has 0 saturated heterocycles. The molecule has 6 nitrogen and oxygen atoms in total. The summed E-state index contributed by atoms with van der Waals surface area (Å²) >= 11 is 0. The third-order valence-electron chi connectivity index (χ3n) is 3.17. The molecule has 1 atom stereocenters. The number of aliphatic hydroxyl groups is 1. The SMILES string of the molecule is CCC(CCO)Nc1cncc(-n2nc(C)cc2C)n1. The molecule has 0 fully saturated rings. The molecular weight excluding hydrogens is 254 g/mol. The number of nitrogens with zero attached hydrogens (tertiary/aromatic N) is 4. The molecule has 0 aliphatic carbocycles. The molecule has 2 N–H and O–H groups in total. The van der Waals surface area contributed by atoms with Crippen molar-refractivity contribution in [2.75, 3.05) is 11.9 Å². The molecule has 0 amide bonds. The van der Waals surface area contributed by atoms with Crippen molar-refractivity contribution in [1.29, 1.82) is 0 Å². The standard InChI is InChI=1S/C14H21N5O/c1-4-12(5-6-20)16-13-8-15-9-14(17-13)19-11(3)7-10(2)18-19/h7-9,12,20H,4-6H2,1-3H3,(H,16,17). The summed E-state index contributed by atoms with van der Waals surface area (Å²) in [6.45, 7) is 6.18. The molecule has 2 heterocycles. The van der Waals surface area contributed by atoms with E-state index in [1.807, 2.05) is 19.9 Å². The second kappa shape index (κ2) is 6.47. The van der Waals surface area contributed by atoms with Gasteiger partial charge < -0.3 is 10.4 Å². The number of aryl methyl sites for hydroxylation is 2. The van der Waals surface area contributed by atoms with Crippen LogP contribution in [0.2, 0.25) is 0 Å². The highest BCUT2D eigenvalue weighted by atomic mass is 16.3. The van der Waals surface area contributed by atoms with Gasteiger partial charge in [-0.3, -0.25) is 4.98 Å². The Hall–Kier alpha value is -1.95. The lowest BCUT2D eigenvalue weighted by atomic mass is 10.1. The molecular formula is C14H21N5O. The number of hydrogen-bond acceptors (Lipinski definition) is 5. The Morgan fingerprint density at radius 3 is 2.75 bits per heavy atom. The molecule has 6 heteroatoms. The quantitative estimate of drug-likeness (QED) is 0.841. The van der Waals surface area contributed by atoms with Crippen LogP contribution in [0.1, 0.15) is 31.2 Å². The Kier molecular flexibility index (Phi) is 4.68. The molecule has 0 spiro atoms. The monoisotopic (exact) mass is 275 g/mol. The summed E-state index contributed by atoms with van der Waals surface area (Å²) in [6.07, 6.45) is 5.00. The smallest absolute Gasteiger partial charge is 0.174 e. The first-order chi connectivity index (χ1) is 9.63. The Morgan fingerprint density at radius 1 is 1.35 bits per heavy atom. The number of anilines is 1. The van der Waals surface area contributed by atoms with Crippen molar-refractivity contribution in [1.82, 2.24) is 19.7 Å². The van der Waals surface area contributed by atoms with Crippen molar-refractivity contribution >= 4 is 5.82 Å². The zero-order valence-electron chi connectivity index (χ0n) is 12.2. The van der Waals surface area contributed by atoms with Crippen LogP contribution in [0.3, 0.4) is 0 Å². The molecule has 0 aromatic carbocycles. The molecule has 2 rings (SSSR count). The van der Waals surface area contributed by atoms with Crippen molar-refractivity contribution in [3.63, 3.8) is 0 Å². The lowest BCUT2D eigenvalue weighted by Gasteiger charge is -2.16. The lowest BCUT2D eigenvalue weighted by molar-refractivity contribution is 0.278. The molecule has 0 saturated carbocycles. The normalized spacial score (nSPS) is 12.4.